The second-order valence-electron chi connectivity index (χ2n) is 2.36. The molecule has 0 spiro atoms. The van der Waals surface area contributed by atoms with Crippen LogP contribution in [0.1, 0.15) is 5.82 Å². The van der Waals surface area contributed by atoms with Gasteiger partial charge in [-0.05, 0) is 6.92 Å². The maximum absolute atomic E-state index is 5.85. The number of aromatic nitrogens is 4. The van der Waals surface area contributed by atoms with E-state index in [9.17, 15) is 0 Å². The molecule has 0 atom stereocenters. The summed E-state index contributed by atoms with van der Waals surface area (Å²) in [6.45, 7) is 1.77. The van der Waals surface area contributed by atoms with E-state index < -0.39 is 0 Å². The van der Waals surface area contributed by atoms with Gasteiger partial charge in [0.2, 0.25) is 0 Å². The molecular formula is C6H5ClN4S. The van der Waals surface area contributed by atoms with Crippen LogP contribution in [-0.4, -0.2) is 20.2 Å². The van der Waals surface area contributed by atoms with E-state index in [4.69, 9.17) is 23.8 Å². The summed E-state index contributed by atoms with van der Waals surface area (Å²) < 4.78 is 0.537. The van der Waals surface area contributed by atoms with Gasteiger partial charge in [-0.15, -0.1) is 0 Å². The van der Waals surface area contributed by atoms with Crippen molar-refractivity contribution in [1.82, 2.24) is 20.2 Å². The summed E-state index contributed by atoms with van der Waals surface area (Å²) in [7, 11) is 0. The molecule has 2 aromatic heterocycles. The number of hydrogen-bond acceptors (Lipinski definition) is 3. The maximum atomic E-state index is 5.85. The quantitative estimate of drug-likeness (QED) is 0.505. The van der Waals surface area contributed by atoms with E-state index in [0.717, 1.165) is 0 Å². The van der Waals surface area contributed by atoms with Crippen molar-refractivity contribution in [1.29, 1.82) is 0 Å². The Morgan fingerprint density at radius 3 is 2.83 bits per heavy atom. The summed E-state index contributed by atoms with van der Waals surface area (Å²) in [6, 6.07) is 0. The minimum absolute atomic E-state index is 0.389. The van der Waals surface area contributed by atoms with Gasteiger partial charge in [0, 0.05) is 0 Å². The molecule has 2 heterocycles. The number of aromatic amines is 2. The molecule has 0 radical (unpaired) electrons. The normalized spacial score (nSPS) is 10.8. The van der Waals surface area contributed by atoms with Crippen LogP contribution < -0.4 is 0 Å². The molecule has 2 rings (SSSR count). The number of hydrogen-bond donors (Lipinski definition) is 2. The Hall–Kier alpha value is -0.940. The van der Waals surface area contributed by atoms with Crippen molar-refractivity contribution in [3.05, 3.63) is 15.6 Å². The Morgan fingerprint density at radius 2 is 2.08 bits per heavy atom. The Kier molecular flexibility index (Phi) is 1.62. The molecule has 0 aromatic carbocycles. The SMILES string of the molecule is Cc1nc(Cl)c2c(=S)[nH][nH]c2n1. The number of nitrogens with one attached hydrogen (secondary N) is 2. The topological polar surface area (TPSA) is 57.4 Å². The number of nitrogens with zero attached hydrogens (tertiary/aromatic N) is 2. The van der Waals surface area contributed by atoms with Crippen molar-refractivity contribution in [2.45, 2.75) is 6.92 Å². The Balaban J connectivity index is 3.03. The molecule has 0 bridgehead atoms. The average Bonchev–Trinajstić information content (AvgIpc) is 2.31. The second kappa shape index (κ2) is 2.53. The van der Waals surface area contributed by atoms with Gasteiger partial charge in [0.25, 0.3) is 0 Å². The van der Waals surface area contributed by atoms with Gasteiger partial charge in [-0.1, -0.05) is 23.8 Å². The molecule has 2 aromatic rings. The zero-order valence-electron chi connectivity index (χ0n) is 6.18. The van der Waals surface area contributed by atoms with Crippen LogP contribution in [0.2, 0.25) is 5.15 Å². The average molecular weight is 201 g/mol. The predicted molar refractivity (Wildman–Crippen MR) is 48.8 cm³/mol. The number of fused-ring (bicyclic) bond motifs is 1. The number of H-pyrrole nitrogens is 2. The minimum Gasteiger partial charge on any atom is -0.289 e. The first kappa shape index (κ1) is 7.70. The summed E-state index contributed by atoms with van der Waals surface area (Å²) >= 11 is 10.8. The molecule has 0 fully saturated rings. The fraction of sp³-hybridized carbons (Fsp3) is 0.167. The first-order valence-corrected chi connectivity index (χ1v) is 4.07. The van der Waals surface area contributed by atoms with Crippen LogP contribution in [0.3, 0.4) is 0 Å². The summed E-state index contributed by atoms with van der Waals surface area (Å²) in [6.07, 6.45) is 0. The predicted octanol–water partition coefficient (Wildman–Crippen LogP) is 1.98. The van der Waals surface area contributed by atoms with Gasteiger partial charge in [-0.3, -0.25) is 10.2 Å². The summed E-state index contributed by atoms with van der Waals surface area (Å²) in [5.41, 5.74) is 0.650. The van der Waals surface area contributed by atoms with Crippen LogP contribution in [0.4, 0.5) is 0 Å². The third-order valence-corrected chi connectivity index (χ3v) is 2.08. The summed E-state index contributed by atoms with van der Waals surface area (Å²) in [4.78, 5) is 8.09. The van der Waals surface area contributed by atoms with E-state index >= 15 is 0 Å². The van der Waals surface area contributed by atoms with E-state index in [1.807, 2.05) is 0 Å². The van der Waals surface area contributed by atoms with Gasteiger partial charge in [0.1, 0.15) is 15.6 Å². The van der Waals surface area contributed by atoms with Gasteiger partial charge >= 0.3 is 0 Å². The van der Waals surface area contributed by atoms with E-state index in [1.54, 1.807) is 6.92 Å². The molecule has 6 heteroatoms. The monoisotopic (exact) mass is 200 g/mol. The molecule has 0 aliphatic carbocycles. The zero-order valence-corrected chi connectivity index (χ0v) is 7.75. The molecular weight excluding hydrogens is 196 g/mol. The lowest BCUT2D eigenvalue weighted by atomic mass is 10.4. The number of halogens is 1. The molecule has 12 heavy (non-hydrogen) atoms. The third-order valence-electron chi connectivity index (χ3n) is 1.50. The molecule has 62 valence electrons. The van der Waals surface area contributed by atoms with Crippen LogP contribution >= 0.6 is 23.8 Å². The third kappa shape index (κ3) is 1.02. The van der Waals surface area contributed by atoms with Gasteiger partial charge in [0.05, 0.1) is 5.39 Å². The van der Waals surface area contributed by atoms with Crippen molar-refractivity contribution in [2.75, 3.05) is 0 Å². The highest BCUT2D eigenvalue weighted by molar-refractivity contribution is 7.71. The standard InChI is InChI=1S/C6H5ClN4S/c1-2-8-4(7)3-5(9-2)10-11-6(3)12/h1H3,(H2,8,9,10,11,12). The van der Waals surface area contributed by atoms with E-state index in [-0.39, 0.29) is 0 Å². The molecule has 4 nitrogen and oxygen atoms in total. The van der Waals surface area contributed by atoms with E-state index in [0.29, 0.717) is 26.7 Å². The van der Waals surface area contributed by atoms with Crippen molar-refractivity contribution in [3.8, 4) is 0 Å². The highest BCUT2D eigenvalue weighted by Gasteiger charge is 2.05. The van der Waals surface area contributed by atoms with E-state index in [2.05, 4.69) is 20.2 Å². The highest BCUT2D eigenvalue weighted by Crippen LogP contribution is 2.18. The van der Waals surface area contributed by atoms with Crippen LogP contribution in [0.15, 0.2) is 0 Å². The maximum Gasteiger partial charge on any atom is 0.160 e. The summed E-state index contributed by atoms with van der Waals surface area (Å²) in [5.74, 6) is 0.623. The lowest BCUT2D eigenvalue weighted by molar-refractivity contribution is 1.04. The number of rotatable bonds is 0. The smallest absolute Gasteiger partial charge is 0.160 e. The minimum atomic E-state index is 0.389. The molecule has 0 amide bonds. The van der Waals surface area contributed by atoms with Crippen LogP contribution in [0.25, 0.3) is 11.0 Å². The van der Waals surface area contributed by atoms with Gasteiger partial charge in [-0.25, -0.2) is 9.97 Å². The van der Waals surface area contributed by atoms with Crippen molar-refractivity contribution < 1.29 is 0 Å². The number of aryl methyl sites for hydroxylation is 1. The fourth-order valence-electron chi connectivity index (χ4n) is 1.01. The lowest BCUT2D eigenvalue weighted by Crippen LogP contribution is -1.88. The molecule has 0 aliphatic rings. The fourth-order valence-corrected chi connectivity index (χ4v) is 1.62. The molecule has 0 unspecified atom stereocenters. The zero-order chi connectivity index (χ0) is 8.72. The first-order valence-electron chi connectivity index (χ1n) is 3.29. The van der Waals surface area contributed by atoms with Crippen molar-refractivity contribution in [3.63, 3.8) is 0 Å². The van der Waals surface area contributed by atoms with Crippen molar-refractivity contribution >= 4 is 34.9 Å². The van der Waals surface area contributed by atoms with Crippen LogP contribution in [-0.2, 0) is 0 Å². The van der Waals surface area contributed by atoms with E-state index in [1.165, 1.54) is 0 Å². The Labute approximate surface area is 78.0 Å². The van der Waals surface area contributed by atoms with Crippen LogP contribution in [0.5, 0.6) is 0 Å². The largest absolute Gasteiger partial charge is 0.289 e. The van der Waals surface area contributed by atoms with Crippen LogP contribution in [0, 0.1) is 11.6 Å². The van der Waals surface area contributed by atoms with Crippen molar-refractivity contribution in [2.24, 2.45) is 0 Å². The molecule has 2 N–H and O–H groups in total. The molecule has 0 aliphatic heterocycles. The van der Waals surface area contributed by atoms with Gasteiger partial charge in [0.15, 0.2) is 5.65 Å². The Morgan fingerprint density at radius 1 is 1.33 bits per heavy atom. The van der Waals surface area contributed by atoms with Gasteiger partial charge < -0.3 is 0 Å². The lowest BCUT2D eigenvalue weighted by Gasteiger charge is -1.92. The molecule has 0 saturated carbocycles. The summed E-state index contributed by atoms with van der Waals surface area (Å²) in [5, 5.41) is 6.62. The Bertz CT molecular complexity index is 486. The van der Waals surface area contributed by atoms with Gasteiger partial charge in [-0.2, -0.15) is 0 Å². The highest BCUT2D eigenvalue weighted by atomic mass is 35.5. The molecule has 0 saturated heterocycles. The second-order valence-corrected chi connectivity index (χ2v) is 3.13. The first-order chi connectivity index (χ1) is 5.68.